The number of carbonyl (C=O) groups is 2. The summed E-state index contributed by atoms with van der Waals surface area (Å²) < 4.78 is 18.6. The lowest BCUT2D eigenvalue weighted by molar-refractivity contribution is -0.117. The van der Waals surface area contributed by atoms with Gasteiger partial charge in [0.1, 0.15) is 11.6 Å². The third kappa shape index (κ3) is 7.82. The summed E-state index contributed by atoms with van der Waals surface area (Å²) >= 11 is 0. The van der Waals surface area contributed by atoms with Crippen molar-refractivity contribution in [3.63, 3.8) is 0 Å². The zero-order chi connectivity index (χ0) is 27.6. The van der Waals surface area contributed by atoms with Crippen LogP contribution >= 0.6 is 0 Å². The van der Waals surface area contributed by atoms with Crippen LogP contribution in [0.3, 0.4) is 0 Å². The molecular weight excluding hydrogens is 495 g/mol. The van der Waals surface area contributed by atoms with Crippen LogP contribution in [0.5, 0.6) is 5.75 Å². The standard InChI is InChI=1S/C31H31FN4O3/c1-39-29-8-2-23(20-33)18-26(29)5-9-30(37)35-28(19-22-10-14-34-15-11-22)21-36-16-12-25(13-17-36)31(38)24-3-6-27(32)7-4-24/h2-11,14-15,18,25,28H,12-13,16-17,19,21H2,1H3,(H,35,37)/b9-5+. The number of nitrogens with one attached hydrogen (secondary N) is 1. The Hall–Kier alpha value is -4.35. The van der Waals surface area contributed by atoms with Crippen LogP contribution in [-0.4, -0.2) is 54.4 Å². The lowest BCUT2D eigenvalue weighted by atomic mass is 9.88. The fourth-order valence-corrected chi connectivity index (χ4v) is 4.85. The molecule has 8 heteroatoms. The van der Waals surface area contributed by atoms with Gasteiger partial charge in [-0.3, -0.25) is 14.6 Å². The summed E-state index contributed by atoms with van der Waals surface area (Å²) in [6, 6.07) is 16.6. The highest BCUT2D eigenvalue weighted by molar-refractivity contribution is 5.97. The van der Waals surface area contributed by atoms with Gasteiger partial charge in [0.15, 0.2) is 5.78 Å². The van der Waals surface area contributed by atoms with Crippen molar-refractivity contribution in [2.24, 2.45) is 5.92 Å². The van der Waals surface area contributed by atoms with Crippen LogP contribution in [0.2, 0.25) is 0 Å². The summed E-state index contributed by atoms with van der Waals surface area (Å²) in [4.78, 5) is 32.1. The number of ether oxygens (including phenoxy) is 1. The number of likely N-dealkylation sites (tertiary alicyclic amines) is 1. The second-order valence-corrected chi connectivity index (χ2v) is 9.61. The number of ketones is 1. The van der Waals surface area contributed by atoms with Crippen molar-refractivity contribution in [3.05, 3.63) is 101 Å². The van der Waals surface area contributed by atoms with E-state index >= 15 is 0 Å². The monoisotopic (exact) mass is 526 g/mol. The molecule has 7 nitrogen and oxygen atoms in total. The molecule has 0 radical (unpaired) electrons. The van der Waals surface area contributed by atoms with Gasteiger partial charge in [-0.15, -0.1) is 0 Å². The number of benzene rings is 2. The van der Waals surface area contributed by atoms with Gasteiger partial charge in [0.05, 0.1) is 18.7 Å². The zero-order valence-corrected chi connectivity index (χ0v) is 21.8. The van der Waals surface area contributed by atoms with Crippen molar-refractivity contribution in [2.45, 2.75) is 25.3 Å². The topological polar surface area (TPSA) is 95.3 Å². The van der Waals surface area contributed by atoms with Gasteiger partial charge < -0.3 is 15.0 Å². The Morgan fingerprint density at radius 1 is 1.15 bits per heavy atom. The molecule has 1 N–H and O–H groups in total. The average molecular weight is 527 g/mol. The van der Waals surface area contributed by atoms with Crippen molar-refractivity contribution >= 4 is 17.8 Å². The minimum atomic E-state index is -0.353. The summed E-state index contributed by atoms with van der Waals surface area (Å²) in [7, 11) is 1.54. The van der Waals surface area contributed by atoms with Gasteiger partial charge in [0.25, 0.3) is 0 Å². The molecule has 0 saturated carbocycles. The predicted molar refractivity (Wildman–Crippen MR) is 147 cm³/mol. The van der Waals surface area contributed by atoms with Crippen LogP contribution in [0.25, 0.3) is 6.08 Å². The Morgan fingerprint density at radius 2 is 1.87 bits per heavy atom. The smallest absolute Gasteiger partial charge is 0.244 e. The van der Waals surface area contributed by atoms with Crippen LogP contribution in [0.1, 0.15) is 39.9 Å². The van der Waals surface area contributed by atoms with Crippen molar-refractivity contribution in [3.8, 4) is 11.8 Å². The number of aromatic nitrogens is 1. The maximum absolute atomic E-state index is 13.2. The maximum Gasteiger partial charge on any atom is 0.244 e. The number of carbonyl (C=O) groups excluding carboxylic acids is 2. The fourth-order valence-electron chi connectivity index (χ4n) is 4.85. The van der Waals surface area contributed by atoms with Crippen molar-refractivity contribution in [1.82, 2.24) is 15.2 Å². The lowest BCUT2D eigenvalue weighted by Gasteiger charge is -2.34. The third-order valence-electron chi connectivity index (χ3n) is 6.92. The number of Topliss-reactive ketones (excluding diaryl/α,β-unsaturated/α-hetero) is 1. The molecule has 1 aliphatic heterocycles. The predicted octanol–water partition coefficient (Wildman–Crippen LogP) is 4.44. The number of hydrogen-bond donors (Lipinski definition) is 1. The first-order valence-corrected chi connectivity index (χ1v) is 12.9. The fraction of sp³-hybridized carbons (Fsp3) is 0.290. The molecule has 1 unspecified atom stereocenters. The van der Waals surface area contributed by atoms with Gasteiger partial charge in [0.2, 0.25) is 5.91 Å². The van der Waals surface area contributed by atoms with E-state index in [0.717, 1.165) is 18.7 Å². The summed E-state index contributed by atoms with van der Waals surface area (Å²) in [5, 5.41) is 12.3. The molecule has 0 spiro atoms. The second-order valence-electron chi connectivity index (χ2n) is 9.61. The van der Waals surface area contributed by atoms with Crippen LogP contribution in [0, 0.1) is 23.1 Å². The van der Waals surface area contributed by atoms with Gasteiger partial charge in [-0.25, -0.2) is 4.39 Å². The van der Waals surface area contributed by atoms with E-state index in [-0.39, 0.29) is 29.5 Å². The van der Waals surface area contributed by atoms with Crippen LogP contribution < -0.4 is 10.1 Å². The molecule has 4 rings (SSSR count). The zero-order valence-electron chi connectivity index (χ0n) is 21.8. The Balaban J connectivity index is 1.39. The molecule has 2 aromatic carbocycles. The van der Waals surface area contributed by atoms with Crippen molar-refractivity contribution in [1.29, 1.82) is 5.26 Å². The molecule has 0 aliphatic carbocycles. The minimum absolute atomic E-state index is 0.0531. The Bertz CT molecular complexity index is 1340. The summed E-state index contributed by atoms with van der Waals surface area (Å²) in [6.07, 6.45) is 8.60. The van der Waals surface area contributed by atoms with Gasteiger partial charge in [-0.05, 0) is 98.6 Å². The first kappa shape index (κ1) is 27.7. The molecule has 39 heavy (non-hydrogen) atoms. The molecule has 1 atom stereocenters. The third-order valence-corrected chi connectivity index (χ3v) is 6.92. The maximum atomic E-state index is 13.2. The number of nitriles is 1. The number of methoxy groups -OCH3 is 1. The highest BCUT2D eigenvalue weighted by Gasteiger charge is 2.27. The number of hydrogen-bond acceptors (Lipinski definition) is 6. The van der Waals surface area contributed by atoms with E-state index in [9.17, 15) is 19.2 Å². The van der Waals surface area contributed by atoms with Crippen LogP contribution in [-0.2, 0) is 11.2 Å². The quantitative estimate of drug-likeness (QED) is 0.310. The number of amides is 1. The molecule has 0 bridgehead atoms. The van der Waals surface area contributed by atoms with E-state index in [0.29, 0.717) is 48.2 Å². The normalized spacial score (nSPS) is 15.0. The van der Waals surface area contributed by atoms with Gasteiger partial charge >= 0.3 is 0 Å². The largest absolute Gasteiger partial charge is 0.496 e. The van der Waals surface area contributed by atoms with E-state index in [4.69, 9.17) is 4.74 Å². The molecule has 3 aromatic rings. The summed E-state index contributed by atoms with van der Waals surface area (Å²) in [5.41, 5.74) is 2.73. The SMILES string of the molecule is COc1ccc(C#N)cc1/C=C/C(=O)NC(Cc1ccncc1)CN1CCC(C(=O)c2ccc(F)cc2)CC1. The highest BCUT2D eigenvalue weighted by atomic mass is 19.1. The molecular formula is C31H31FN4O3. The van der Waals surface area contributed by atoms with Gasteiger partial charge in [-0.1, -0.05) is 0 Å². The number of pyridine rings is 1. The number of piperidine rings is 1. The lowest BCUT2D eigenvalue weighted by Crippen LogP contribution is -2.47. The van der Waals surface area contributed by atoms with E-state index in [1.807, 2.05) is 12.1 Å². The number of halogens is 1. The molecule has 1 aromatic heterocycles. The van der Waals surface area contributed by atoms with E-state index in [2.05, 4.69) is 21.3 Å². The second kappa shape index (κ2) is 13.4. The number of rotatable bonds is 10. The van der Waals surface area contributed by atoms with Crippen LogP contribution in [0.15, 0.2) is 73.1 Å². The first-order valence-electron chi connectivity index (χ1n) is 12.9. The molecule has 1 fully saturated rings. The molecule has 200 valence electrons. The average Bonchev–Trinajstić information content (AvgIpc) is 2.97. The van der Waals surface area contributed by atoms with Crippen molar-refractivity contribution in [2.75, 3.05) is 26.7 Å². The Labute approximate surface area is 227 Å². The summed E-state index contributed by atoms with van der Waals surface area (Å²) in [6.45, 7) is 2.09. The van der Waals surface area contributed by atoms with E-state index in [1.54, 1.807) is 55.9 Å². The Morgan fingerprint density at radius 3 is 2.54 bits per heavy atom. The molecule has 1 amide bonds. The van der Waals surface area contributed by atoms with Crippen molar-refractivity contribution < 1.29 is 18.7 Å². The van der Waals surface area contributed by atoms with Gasteiger partial charge in [-0.2, -0.15) is 5.26 Å². The molecule has 2 heterocycles. The van der Waals surface area contributed by atoms with E-state index in [1.165, 1.54) is 18.2 Å². The summed E-state index contributed by atoms with van der Waals surface area (Å²) in [5.74, 6) is -0.0723. The molecule has 1 aliphatic rings. The Kier molecular flexibility index (Phi) is 9.54. The van der Waals surface area contributed by atoms with Gasteiger partial charge in [0, 0.05) is 48.1 Å². The first-order chi connectivity index (χ1) is 18.9. The molecule has 1 saturated heterocycles. The minimum Gasteiger partial charge on any atom is -0.496 e. The van der Waals surface area contributed by atoms with E-state index < -0.39 is 0 Å². The number of nitrogens with zero attached hydrogens (tertiary/aromatic N) is 3. The highest BCUT2D eigenvalue weighted by Crippen LogP contribution is 2.23. The van der Waals surface area contributed by atoms with Crippen LogP contribution in [0.4, 0.5) is 4.39 Å².